The molecule has 0 spiro atoms. The highest BCUT2D eigenvalue weighted by Crippen LogP contribution is 2.35. The van der Waals surface area contributed by atoms with Crippen LogP contribution in [0.25, 0.3) is 38.9 Å². The van der Waals surface area contributed by atoms with Gasteiger partial charge in [-0.2, -0.15) is 5.10 Å². The van der Waals surface area contributed by atoms with Crippen LogP contribution in [0.15, 0.2) is 66.9 Å². The van der Waals surface area contributed by atoms with Gasteiger partial charge < -0.3 is 0 Å². The molecule has 0 atom stereocenters. The molecule has 0 bridgehead atoms. The maximum absolute atomic E-state index is 6.13. The molecule has 0 saturated carbocycles. The van der Waals surface area contributed by atoms with Crippen LogP contribution in [-0.4, -0.2) is 19.7 Å². The Kier molecular flexibility index (Phi) is 3.68. The Balaban J connectivity index is 1.73. The minimum absolute atomic E-state index is 0.708. The lowest BCUT2D eigenvalue weighted by atomic mass is 10.1. The predicted molar refractivity (Wildman–Crippen MR) is 117 cm³/mol. The van der Waals surface area contributed by atoms with E-state index in [-0.39, 0.29) is 0 Å². The van der Waals surface area contributed by atoms with Crippen molar-refractivity contribution in [2.24, 2.45) is 0 Å². The van der Waals surface area contributed by atoms with Crippen molar-refractivity contribution >= 4 is 33.5 Å². The summed E-state index contributed by atoms with van der Waals surface area (Å²) < 4.78 is 1.91. The largest absolute Gasteiger partial charge is 0.252 e. The summed E-state index contributed by atoms with van der Waals surface area (Å²) in [7, 11) is 0. The average molecular weight is 397 g/mol. The molecule has 140 valence electrons. The number of hydrogen-bond donors (Lipinski definition) is 0. The molecule has 0 saturated heterocycles. The molecule has 2 aromatic carbocycles. The lowest BCUT2D eigenvalue weighted by Crippen LogP contribution is -1.98. The number of nitrogens with zero attached hydrogens (tertiary/aromatic N) is 4. The van der Waals surface area contributed by atoms with E-state index in [0.29, 0.717) is 5.02 Å². The van der Waals surface area contributed by atoms with Crippen molar-refractivity contribution in [1.82, 2.24) is 19.7 Å². The third kappa shape index (κ3) is 2.64. The second-order valence-corrected chi connectivity index (χ2v) is 7.88. The van der Waals surface area contributed by atoms with Crippen molar-refractivity contribution < 1.29 is 0 Å². The molecule has 29 heavy (non-hydrogen) atoms. The van der Waals surface area contributed by atoms with Gasteiger partial charge in [0, 0.05) is 27.9 Å². The van der Waals surface area contributed by atoms with E-state index >= 15 is 0 Å². The minimum Gasteiger partial charge on any atom is -0.252 e. The zero-order chi connectivity index (χ0) is 19.4. The molecule has 5 aromatic rings. The lowest BCUT2D eigenvalue weighted by Gasteiger charge is -2.06. The van der Waals surface area contributed by atoms with E-state index in [1.807, 2.05) is 65.5 Å². The van der Waals surface area contributed by atoms with Crippen LogP contribution in [0, 0.1) is 0 Å². The number of aromatic nitrogens is 4. The highest BCUT2D eigenvalue weighted by molar-refractivity contribution is 6.30. The Bertz CT molecular complexity index is 1370. The van der Waals surface area contributed by atoms with Crippen LogP contribution >= 0.6 is 11.6 Å². The number of rotatable bonds is 2. The van der Waals surface area contributed by atoms with Crippen molar-refractivity contribution in [1.29, 1.82) is 0 Å². The van der Waals surface area contributed by atoms with Gasteiger partial charge >= 0.3 is 0 Å². The molecule has 4 nitrogen and oxygen atoms in total. The van der Waals surface area contributed by atoms with E-state index in [0.717, 1.165) is 51.7 Å². The zero-order valence-electron chi connectivity index (χ0n) is 15.6. The fourth-order valence-corrected chi connectivity index (χ4v) is 4.35. The van der Waals surface area contributed by atoms with Crippen LogP contribution in [0.3, 0.4) is 0 Å². The summed E-state index contributed by atoms with van der Waals surface area (Å²) >= 11 is 6.13. The van der Waals surface area contributed by atoms with Gasteiger partial charge in [-0.1, -0.05) is 41.9 Å². The van der Waals surface area contributed by atoms with E-state index in [1.54, 1.807) is 0 Å². The van der Waals surface area contributed by atoms with Gasteiger partial charge in [-0.25, -0.2) is 9.67 Å². The second kappa shape index (κ2) is 6.39. The topological polar surface area (TPSA) is 43.6 Å². The van der Waals surface area contributed by atoms with Crippen LogP contribution < -0.4 is 0 Å². The maximum Gasteiger partial charge on any atom is 0.165 e. The number of hydrogen-bond acceptors (Lipinski definition) is 3. The maximum atomic E-state index is 6.13. The van der Waals surface area contributed by atoms with Gasteiger partial charge in [0.25, 0.3) is 0 Å². The molecule has 1 aliphatic carbocycles. The average Bonchev–Trinajstić information content (AvgIpc) is 3.37. The van der Waals surface area contributed by atoms with Gasteiger partial charge in [0.2, 0.25) is 0 Å². The van der Waals surface area contributed by atoms with E-state index in [2.05, 4.69) is 6.07 Å². The molecule has 6 rings (SSSR count). The first-order valence-electron chi connectivity index (χ1n) is 9.79. The normalized spacial score (nSPS) is 13.3. The monoisotopic (exact) mass is 396 g/mol. The van der Waals surface area contributed by atoms with Crippen LogP contribution in [-0.2, 0) is 12.8 Å². The van der Waals surface area contributed by atoms with Crippen molar-refractivity contribution in [3.8, 4) is 16.9 Å². The summed E-state index contributed by atoms with van der Waals surface area (Å²) in [4.78, 5) is 9.88. The quantitative estimate of drug-likeness (QED) is 0.380. The van der Waals surface area contributed by atoms with Gasteiger partial charge in [-0.05, 0) is 55.2 Å². The van der Waals surface area contributed by atoms with Crippen molar-refractivity contribution in [3.05, 3.63) is 83.1 Å². The molecule has 0 fully saturated rings. The molecule has 3 heterocycles. The van der Waals surface area contributed by atoms with Crippen LogP contribution in [0.1, 0.15) is 17.7 Å². The fraction of sp³-hybridized carbons (Fsp3) is 0.125. The first-order chi connectivity index (χ1) is 14.3. The molecule has 0 radical (unpaired) electrons. The molecule has 3 aromatic heterocycles. The third-order valence-corrected chi connectivity index (χ3v) is 5.87. The first-order valence-corrected chi connectivity index (χ1v) is 10.2. The SMILES string of the molecule is Clc1ccc(-c2nn(-c3ccccc3)c3ncc4cc5c(nc4c23)CCC5)cc1. The Morgan fingerprint density at radius 1 is 0.931 bits per heavy atom. The molecule has 0 unspecified atom stereocenters. The van der Waals surface area contributed by atoms with Gasteiger partial charge in [-0.15, -0.1) is 0 Å². The van der Waals surface area contributed by atoms with E-state index in [4.69, 9.17) is 26.7 Å². The Labute approximate surface area is 172 Å². The summed E-state index contributed by atoms with van der Waals surface area (Å²) in [6.07, 6.45) is 5.24. The molecule has 0 amide bonds. The van der Waals surface area contributed by atoms with Crippen LogP contribution in [0.5, 0.6) is 0 Å². The highest BCUT2D eigenvalue weighted by Gasteiger charge is 2.21. The summed E-state index contributed by atoms with van der Waals surface area (Å²) in [5.41, 5.74) is 7.21. The second-order valence-electron chi connectivity index (χ2n) is 7.45. The molecule has 0 aliphatic heterocycles. The molecule has 5 heteroatoms. The van der Waals surface area contributed by atoms with Crippen molar-refractivity contribution in [3.63, 3.8) is 0 Å². The number of fused-ring (bicyclic) bond motifs is 4. The molecule has 1 aliphatic rings. The number of benzene rings is 2. The van der Waals surface area contributed by atoms with E-state index < -0.39 is 0 Å². The minimum atomic E-state index is 0.708. The molecule has 0 N–H and O–H groups in total. The van der Waals surface area contributed by atoms with E-state index in [9.17, 15) is 0 Å². The Morgan fingerprint density at radius 3 is 2.59 bits per heavy atom. The Morgan fingerprint density at radius 2 is 1.76 bits per heavy atom. The Hall–Kier alpha value is -3.24. The first kappa shape index (κ1) is 16.7. The van der Waals surface area contributed by atoms with Gasteiger partial charge in [0.1, 0.15) is 5.69 Å². The zero-order valence-corrected chi connectivity index (χ0v) is 16.4. The van der Waals surface area contributed by atoms with E-state index in [1.165, 1.54) is 17.7 Å². The molecular formula is C24H17ClN4. The summed E-state index contributed by atoms with van der Waals surface area (Å²) in [6.45, 7) is 0. The summed E-state index contributed by atoms with van der Waals surface area (Å²) in [5.74, 6) is 0. The standard InChI is InChI=1S/C24H17ClN4/c25-18-11-9-15(10-12-18)23-21-22-17(13-16-5-4-8-20(16)27-22)14-26-24(21)29(28-23)19-6-2-1-3-7-19/h1-3,6-7,9-14H,4-5,8H2. The van der Waals surface area contributed by atoms with Gasteiger partial charge in [0.15, 0.2) is 5.65 Å². The summed E-state index contributed by atoms with van der Waals surface area (Å²) in [6, 6.07) is 20.2. The number of aryl methyl sites for hydroxylation is 2. The summed E-state index contributed by atoms with van der Waals surface area (Å²) in [5, 5.41) is 7.74. The predicted octanol–water partition coefficient (Wildman–Crippen LogP) is 5.78. The number of para-hydroxylation sites is 1. The number of pyridine rings is 2. The van der Waals surface area contributed by atoms with Gasteiger partial charge in [-0.3, -0.25) is 4.98 Å². The fourth-order valence-electron chi connectivity index (χ4n) is 4.22. The smallest absolute Gasteiger partial charge is 0.165 e. The molecular weight excluding hydrogens is 380 g/mol. The van der Waals surface area contributed by atoms with Crippen LogP contribution in [0.2, 0.25) is 5.02 Å². The van der Waals surface area contributed by atoms with Gasteiger partial charge in [0.05, 0.1) is 16.6 Å². The third-order valence-electron chi connectivity index (χ3n) is 5.62. The highest BCUT2D eigenvalue weighted by atomic mass is 35.5. The number of halogens is 1. The van der Waals surface area contributed by atoms with Crippen LogP contribution in [0.4, 0.5) is 0 Å². The van der Waals surface area contributed by atoms with Crippen molar-refractivity contribution in [2.75, 3.05) is 0 Å². The lowest BCUT2D eigenvalue weighted by molar-refractivity contribution is 0.901. The van der Waals surface area contributed by atoms with Crippen molar-refractivity contribution in [2.45, 2.75) is 19.3 Å².